The zero-order valence-corrected chi connectivity index (χ0v) is 11.2. The van der Waals surface area contributed by atoms with Crippen LogP contribution in [0.1, 0.15) is 13.8 Å². The minimum absolute atomic E-state index is 0.287. The van der Waals surface area contributed by atoms with Gasteiger partial charge in [0, 0.05) is 12.6 Å². The number of rotatable bonds is 6. The van der Waals surface area contributed by atoms with Crippen LogP contribution in [-0.2, 0) is 14.4 Å². The lowest BCUT2D eigenvalue weighted by Gasteiger charge is -2.13. The summed E-state index contributed by atoms with van der Waals surface area (Å²) in [6.07, 6.45) is 0. The van der Waals surface area contributed by atoms with E-state index < -0.39 is 18.6 Å². The number of carbonyl (C=O) groups is 3. The van der Waals surface area contributed by atoms with E-state index in [1.165, 1.54) is 6.92 Å². The van der Waals surface area contributed by atoms with Crippen molar-refractivity contribution in [2.75, 3.05) is 11.9 Å². The zero-order valence-electron chi connectivity index (χ0n) is 11.2. The minimum Gasteiger partial charge on any atom is -0.482 e. The summed E-state index contributed by atoms with van der Waals surface area (Å²) in [7, 11) is 0. The molecule has 1 atom stereocenters. The molecular formula is C13H16N2O5. The van der Waals surface area contributed by atoms with E-state index in [9.17, 15) is 14.4 Å². The highest BCUT2D eigenvalue weighted by molar-refractivity contribution is 5.96. The second-order valence-corrected chi connectivity index (χ2v) is 4.12. The number of benzene rings is 1. The minimum atomic E-state index is -1.06. The zero-order chi connectivity index (χ0) is 15.1. The van der Waals surface area contributed by atoms with Crippen molar-refractivity contribution in [2.45, 2.75) is 19.9 Å². The van der Waals surface area contributed by atoms with Crippen molar-refractivity contribution in [3.63, 3.8) is 0 Å². The van der Waals surface area contributed by atoms with Gasteiger partial charge >= 0.3 is 5.97 Å². The van der Waals surface area contributed by atoms with E-state index in [4.69, 9.17) is 9.84 Å². The highest BCUT2D eigenvalue weighted by Crippen LogP contribution is 2.15. The van der Waals surface area contributed by atoms with Gasteiger partial charge in [-0.15, -0.1) is 0 Å². The lowest BCUT2D eigenvalue weighted by atomic mass is 10.2. The van der Waals surface area contributed by atoms with Gasteiger partial charge < -0.3 is 20.5 Å². The standard InChI is InChI=1S/C13H16N2O5/c1-8(14-9(2)16)13(19)15-10-3-5-11(6-4-10)20-7-12(17)18/h3-6,8H,7H2,1-2H3,(H,14,16)(H,15,19)(H,17,18). The second kappa shape index (κ2) is 7.13. The molecule has 3 N–H and O–H groups in total. The molecule has 1 rings (SSSR count). The molecule has 0 fully saturated rings. The molecule has 0 spiro atoms. The van der Waals surface area contributed by atoms with Gasteiger partial charge in [-0.25, -0.2) is 4.79 Å². The molecule has 20 heavy (non-hydrogen) atoms. The summed E-state index contributed by atoms with van der Waals surface area (Å²) in [4.78, 5) is 32.9. The average Bonchev–Trinajstić information content (AvgIpc) is 2.37. The van der Waals surface area contributed by atoms with Crippen molar-refractivity contribution in [1.82, 2.24) is 5.32 Å². The van der Waals surface area contributed by atoms with Crippen LogP contribution in [0.15, 0.2) is 24.3 Å². The van der Waals surface area contributed by atoms with Gasteiger partial charge in [-0.2, -0.15) is 0 Å². The van der Waals surface area contributed by atoms with Crippen LogP contribution in [0.2, 0.25) is 0 Å². The van der Waals surface area contributed by atoms with Crippen molar-refractivity contribution >= 4 is 23.5 Å². The smallest absolute Gasteiger partial charge is 0.341 e. The Bertz CT molecular complexity index is 498. The SMILES string of the molecule is CC(=O)NC(C)C(=O)Nc1ccc(OCC(=O)O)cc1. The lowest BCUT2D eigenvalue weighted by Crippen LogP contribution is -2.40. The first kappa shape index (κ1) is 15.5. The first-order chi connectivity index (χ1) is 9.38. The molecule has 0 aliphatic heterocycles. The van der Waals surface area contributed by atoms with Gasteiger partial charge in [0.05, 0.1) is 0 Å². The predicted molar refractivity (Wildman–Crippen MR) is 71.5 cm³/mol. The molecule has 0 heterocycles. The summed E-state index contributed by atoms with van der Waals surface area (Å²) in [5.41, 5.74) is 0.523. The van der Waals surface area contributed by atoms with Crippen LogP contribution in [0.5, 0.6) is 5.75 Å². The van der Waals surface area contributed by atoms with Crippen molar-refractivity contribution in [2.24, 2.45) is 0 Å². The second-order valence-electron chi connectivity index (χ2n) is 4.12. The van der Waals surface area contributed by atoms with Crippen molar-refractivity contribution in [3.05, 3.63) is 24.3 Å². The van der Waals surface area contributed by atoms with Gasteiger partial charge in [0.25, 0.3) is 0 Å². The van der Waals surface area contributed by atoms with Crippen LogP contribution in [0.4, 0.5) is 5.69 Å². The third kappa shape index (κ3) is 5.38. The maximum Gasteiger partial charge on any atom is 0.341 e. The quantitative estimate of drug-likeness (QED) is 0.708. The normalized spacial score (nSPS) is 11.3. The van der Waals surface area contributed by atoms with Gasteiger partial charge in [0.1, 0.15) is 11.8 Å². The maximum atomic E-state index is 11.7. The molecule has 7 heteroatoms. The van der Waals surface area contributed by atoms with Crippen LogP contribution in [0.25, 0.3) is 0 Å². The average molecular weight is 280 g/mol. The summed E-state index contributed by atoms with van der Waals surface area (Å²) in [6, 6.07) is 5.60. The van der Waals surface area contributed by atoms with Gasteiger partial charge in [-0.05, 0) is 31.2 Å². The monoisotopic (exact) mass is 280 g/mol. The number of aliphatic carboxylic acids is 1. The molecule has 7 nitrogen and oxygen atoms in total. The summed E-state index contributed by atoms with van der Waals surface area (Å²) < 4.78 is 4.96. The summed E-state index contributed by atoms with van der Waals surface area (Å²) in [5, 5.41) is 13.5. The fourth-order valence-corrected chi connectivity index (χ4v) is 1.40. The number of amides is 2. The largest absolute Gasteiger partial charge is 0.482 e. The molecule has 1 aromatic carbocycles. The first-order valence-electron chi connectivity index (χ1n) is 5.91. The van der Waals surface area contributed by atoms with E-state index in [1.807, 2.05) is 0 Å². The van der Waals surface area contributed by atoms with Crippen molar-refractivity contribution in [3.8, 4) is 5.75 Å². The highest BCUT2D eigenvalue weighted by Gasteiger charge is 2.13. The molecule has 108 valence electrons. The summed E-state index contributed by atoms with van der Waals surface area (Å²) in [5.74, 6) is -1.31. The van der Waals surface area contributed by atoms with Gasteiger partial charge in [-0.3, -0.25) is 9.59 Å². The number of hydrogen-bond donors (Lipinski definition) is 3. The molecule has 0 radical (unpaired) electrons. The summed E-state index contributed by atoms with van der Waals surface area (Å²) in [6.45, 7) is 2.48. The number of hydrogen-bond acceptors (Lipinski definition) is 4. The lowest BCUT2D eigenvalue weighted by molar-refractivity contribution is -0.139. The van der Waals surface area contributed by atoms with E-state index in [1.54, 1.807) is 31.2 Å². The summed E-state index contributed by atoms with van der Waals surface area (Å²) >= 11 is 0. The molecule has 0 bridgehead atoms. The Morgan fingerprint density at radius 3 is 2.35 bits per heavy atom. The number of carbonyl (C=O) groups excluding carboxylic acids is 2. The van der Waals surface area contributed by atoms with Crippen molar-refractivity contribution < 1.29 is 24.2 Å². The van der Waals surface area contributed by atoms with Crippen LogP contribution in [-0.4, -0.2) is 35.5 Å². The Kier molecular flexibility index (Phi) is 5.52. The van der Waals surface area contributed by atoms with Crippen LogP contribution in [0, 0.1) is 0 Å². The van der Waals surface area contributed by atoms with E-state index in [0.717, 1.165) is 0 Å². The Balaban J connectivity index is 2.54. The number of anilines is 1. The molecule has 0 aliphatic carbocycles. The predicted octanol–water partition coefficient (Wildman–Crippen LogP) is 0.613. The molecule has 0 aliphatic rings. The van der Waals surface area contributed by atoms with Gasteiger partial charge in [0.15, 0.2) is 6.61 Å². The molecule has 0 saturated heterocycles. The number of carboxylic acids is 1. The Morgan fingerprint density at radius 1 is 1.25 bits per heavy atom. The van der Waals surface area contributed by atoms with E-state index >= 15 is 0 Å². The molecule has 2 amide bonds. The van der Waals surface area contributed by atoms with Crippen molar-refractivity contribution in [1.29, 1.82) is 0 Å². The third-order valence-corrected chi connectivity index (χ3v) is 2.30. The van der Waals surface area contributed by atoms with E-state index in [2.05, 4.69) is 10.6 Å². The highest BCUT2D eigenvalue weighted by atomic mass is 16.5. The van der Waals surface area contributed by atoms with E-state index in [-0.39, 0.29) is 11.8 Å². The molecule has 1 unspecified atom stereocenters. The van der Waals surface area contributed by atoms with E-state index in [0.29, 0.717) is 11.4 Å². The third-order valence-electron chi connectivity index (χ3n) is 2.30. The molecule has 1 aromatic rings. The molecule has 0 aromatic heterocycles. The first-order valence-corrected chi connectivity index (χ1v) is 5.91. The van der Waals surface area contributed by atoms with Crippen LogP contribution >= 0.6 is 0 Å². The number of nitrogens with one attached hydrogen (secondary N) is 2. The van der Waals surface area contributed by atoms with Crippen LogP contribution in [0.3, 0.4) is 0 Å². The van der Waals surface area contributed by atoms with Gasteiger partial charge in [0.2, 0.25) is 11.8 Å². The Hall–Kier alpha value is -2.57. The maximum absolute atomic E-state index is 11.7. The Morgan fingerprint density at radius 2 is 1.85 bits per heavy atom. The molecule has 0 saturated carbocycles. The molecular weight excluding hydrogens is 264 g/mol. The number of carboxylic acid groups (broad SMARTS) is 1. The fraction of sp³-hybridized carbons (Fsp3) is 0.308. The number of ether oxygens (including phenoxy) is 1. The fourth-order valence-electron chi connectivity index (χ4n) is 1.40. The van der Waals surface area contributed by atoms with Crippen LogP contribution < -0.4 is 15.4 Å². The van der Waals surface area contributed by atoms with Gasteiger partial charge in [-0.1, -0.05) is 0 Å². The topological polar surface area (TPSA) is 105 Å². The Labute approximate surface area is 115 Å².